The fourth-order valence-electron chi connectivity index (χ4n) is 4.35. The van der Waals surface area contributed by atoms with Crippen molar-refractivity contribution in [1.82, 2.24) is 4.57 Å². The van der Waals surface area contributed by atoms with Crippen LogP contribution in [-0.2, 0) is 13.0 Å². The van der Waals surface area contributed by atoms with E-state index in [2.05, 4.69) is 86.2 Å². The van der Waals surface area contributed by atoms with Gasteiger partial charge in [-0.05, 0) is 68.7 Å². The number of benzene rings is 2. The lowest BCUT2D eigenvalue weighted by atomic mass is 10.0. The maximum atomic E-state index is 4.41. The van der Waals surface area contributed by atoms with Gasteiger partial charge in [0.1, 0.15) is 0 Å². The van der Waals surface area contributed by atoms with E-state index in [4.69, 9.17) is 0 Å². The molecule has 0 radical (unpaired) electrons. The molecule has 0 saturated carbocycles. The maximum absolute atomic E-state index is 4.41. The first-order valence-electron chi connectivity index (χ1n) is 9.69. The van der Waals surface area contributed by atoms with Crippen molar-refractivity contribution < 1.29 is 0 Å². The number of anilines is 1. The molecule has 26 heavy (non-hydrogen) atoms. The molecular formula is C24H28N2. The van der Waals surface area contributed by atoms with Crippen LogP contribution in [-0.4, -0.2) is 4.57 Å². The molecule has 1 aromatic heterocycles. The molecule has 2 heterocycles. The van der Waals surface area contributed by atoms with Crippen molar-refractivity contribution in [1.29, 1.82) is 0 Å². The highest BCUT2D eigenvalue weighted by atomic mass is 15.2. The summed E-state index contributed by atoms with van der Waals surface area (Å²) < 4.78 is 2.41. The third-order valence-electron chi connectivity index (χ3n) is 5.52. The van der Waals surface area contributed by atoms with E-state index in [0.29, 0.717) is 6.04 Å². The molecule has 3 aromatic rings. The summed E-state index contributed by atoms with van der Waals surface area (Å²) in [6.07, 6.45) is 2.31. The summed E-state index contributed by atoms with van der Waals surface area (Å²) in [5.74, 6) is 0. The zero-order valence-corrected chi connectivity index (χ0v) is 16.3. The molecule has 0 N–H and O–H groups in total. The summed E-state index contributed by atoms with van der Waals surface area (Å²) in [7, 11) is 0. The number of hydrogen-bond acceptors (Lipinski definition) is 1. The Bertz CT molecular complexity index is 991. The van der Waals surface area contributed by atoms with Gasteiger partial charge >= 0.3 is 0 Å². The minimum Gasteiger partial charge on any atom is -0.342 e. The molecule has 2 heteroatoms. The first kappa shape index (κ1) is 17.0. The first-order chi connectivity index (χ1) is 12.5. The van der Waals surface area contributed by atoms with E-state index < -0.39 is 0 Å². The van der Waals surface area contributed by atoms with Gasteiger partial charge in [-0.25, -0.2) is 0 Å². The van der Waals surface area contributed by atoms with Crippen molar-refractivity contribution in [2.75, 3.05) is 4.90 Å². The molecule has 134 valence electrons. The third kappa shape index (κ3) is 2.65. The fraction of sp³-hybridized carbons (Fsp3) is 0.333. The number of aryl methyl sites for hydroxylation is 2. The van der Waals surface area contributed by atoms with E-state index in [1.807, 2.05) is 0 Å². The first-order valence-corrected chi connectivity index (χ1v) is 9.69. The van der Waals surface area contributed by atoms with Crippen LogP contribution in [0.1, 0.15) is 55.6 Å². The van der Waals surface area contributed by atoms with Gasteiger partial charge in [0.2, 0.25) is 0 Å². The predicted octanol–water partition coefficient (Wildman–Crippen LogP) is 6.47. The highest BCUT2D eigenvalue weighted by Gasteiger charge is 2.24. The summed E-state index contributed by atoms with van der Waals surface area (Å²) in [4.78, 5) is 2.35. The number of aromatic nitrogens is 1. The molecule has 0 spiro atoms. The summed E-state index contributed by atoms with van der Waals surface area (Å²) in [6, 6.07) is 16.5. The molecule has 0 atom stereocenters. The molecule has 4 rings (SSSR count). The molecule has 0 unspecified atom stereocenters. The zero-order chi connectivity index (χ0) is 18.4. The molecule has 1 aliphatic rings. The molecule has 0 bridgehead atoms. The smallest absolute Gasteiger partial charge is 0.0488 e. The van der Waals surface area contributed by atoms with E-state index in [0.717, 1.165) is 18.7 Å². The topological polar surface area (TPSA) is 8.17 Å². The Morgan fingerprint density at radius 2 is 1.88 bits per heavy atom. The van der Waals surface area contributed by atoms with Crippen molar-refractivity contribution in [3.63, 3.8) is 0 Å². The van der Waals surface area contributed by atoms with Gasteiger partial charge in [0.15, 0.2) is 0 Å². The van der Waals surface area contributed by atoms with Crippen LogP contribution in [0, 0.1) is 6.92 Å². The Morgan fingerprint density at radius 3 is 2.62 bits per heavy atom. The fourth-order valence-corrected chi connectivity index (χ4v) is 4.35. The number of rotatable bonds is 4. The van der Waals surface area contributed by atoms with Gasteiger partial charge in [0, 0.05) is 46.1 Å². The van der Waals surface area contributed by atoms with Gasteiger partial charge in [0.25, 0.3) is 0 Å². The normalized spacial score (nSPS) is 13.9. The summed E-state index contributed by atoms with van der Waals surface area (Å²) in [5.41, 5.74) is 9.09. The van der Waals surface area contributed by atoms with E-state index in [1.54, 1.807) is 0 Å². The minimum atomic E-state index is 0.473. The predicted molar refractivity (Wildman–Crippen MR) is 113 cm³/mol. The van der Waals surface area contributed by atoms with E-state index in [9.17, 15) is 0 Å². The van der Waals surface area contributed by atoms with Crippen molar-refractivity contribution >= 4 is 22.3 Å². The van der Waals surface area contributed by atoms with Crippen LogP contribution < -0.4 is 4.90 Å². The van der Waals surface area contributed by atoms with Crippen LogP contribution in [0.5, 0.6) is 0 Å². The molecule has 2 aromatic carbocycles. The second-order valence-electron chi connectivity index (χ2n) is 7.77. The average Bonchev–Trinajstić information content (AvgIpc) is 3.11. The van der Waals surface area contributed by atoms with Gasteiger partial charge in [0.05, 0.1) is 0 Å². The summed E-state index contributed by atoms with van der Waals surface area (Å²) in [6.45, 7) is 14.2. The number of nitrogens with zero attached hydrogens (tertiary/aromatic N) is 2. The Balaban J connectivity index is 1.71. The van der Waals surface area contributed by atoms with Gasteiger partial charge in [-0.3, -0.25) is 0 Å². The summed E-state index contributed by atoms with van der Waals surface area (Å²) >= 11 is 0. The number of fused-ring (bicyclic) bond motifs is 2. The van der Waals surface area contributed by atoms with Gasteiger partial charge < -0.3 is 9.47 Å². The Kier molecular flexibility index (Phi) is 4.14. The van der Waals surface area contributed by atoms with Gasteiger partial charge in [-0.15, -0.1) is 0 Å². The van der Waals surface area contributed by atoms with Gasteiger partial charge in [-0.1, -0.05) is 32.1 Å². The highest BCUT2D eigenvalue weighted by molar-refractivity contribution is 5.90. The van der Waals surface area contributed by atoms with E-state index >= 15 is 0 Å². The molecule has 1 aliphatic heterocycles. The van der Waals surface area contributed by atoms with Crippen LogP contribution in [0.25, 0.3) is 16.6 Å². The van der Waals surface area contributed by atoms with E-state index in [1.165, 1.54) is 45.4 Å². The monoisotopic (exact) mass is 344 g/mol. The lowest BCUT2D eigenvalue weighted by molar-refractivity contribution is 0.608. The van der Waals surface area contributed by atoms with Crippen molar-refractivity contribution in [3.8, 4) is 0 Å². The lowest BCUT2D eigenvalue weighted by Gasteiger charge is -2.20. The SMILES string of the molecule is C=C1c2cc(CCC)ccc2CN1c1ccc2c(c1)cc(C)n2C(C)C. The van der Waals surface area contributed by atoms with Crippen LogP contribution in [0.2, 0.25) is 0 Å². The van der Waals surface area contributed by atoms with E-state index in [-0.39, 0.29) is 0 Å². The van der Waals surface area contributed by atoms with Crippen LogP contribution in [0.4, 0.5) is 5.69 Å². The largest absolute Gasteiger partial charge is 0.342 e. The quantitative estimate of drug-likeness (QED) is 0.526. The molecule has 2 nitrogen and oxygen atoms in total. The molecule has 0 amide bonds. The van der Waals surface area contributed by atoms with Crippen molar-refractivity contribution in [2.45, 2.75) is 53.1 Å². The van der Waals surface area contributed by atoms with Crippen LogP contribution in [0.3, 0.4) is 0 Å². The highest BCUT2D eigenvalue weighted by Crippen LogP contribution is 2.38. The Morgan fingerprint density at radius 1 is 1.08 bits per heavy atom. The Labute approximate surface area is 156 Å². The zero-order valence-electron chi connectivity index (χ0n) is 16.3. The molecule has 0 saturated heterocycles. The Hall–Kier alpha value is -2.48. The van der Waals surface area contributed by atoms with Crippen molar-refractivity contribution in [3.05, 3.63) is 71.4 Å². The molecule has 0 aliphatic carbocycles. The average molecular weight is 345 g/mol. The third-order valence-corrected chi connectivity index (χ3v) is 5.52. The van der Waals surface area contributed by atoms with Crippen LogP contribution >= 0.6 is 0 Å². The van der Waals surface area contributed by atoms with Gasteiger partial charge in [-0.2, -0.15) is 0 Å². The summed E-state index contributed by atoms with van der Waals surface area (Å²) in [5, 5.41) is 1.31. The molecule has 0 fully saturated rings. The van der Waals surface area contributed by atoms with Crippen molar-refractivity contribution in [2.24, 2.45) is 0 Å². The minimum absolute atomic E-state index is 0.473. The van der Waals surface area contributed by atoms with Crippen LogP contribution in [0.15, 0.2) is 49.0 Å². The number of hydrogen-bond donors (Lipinski definition) is 0. The molecular weight excluding hydrogens is 316 g/mol. The second-order valence-corrected chi connectivity index (χ2v) is 7.77. The second kappa shape index (κ2) is 6.35. The maximum Gasteiger partial charge on any atom is 0.0488 e. The lowest BCUT2D eigenvalue weighted by Crippen LogP contribution is -2.12. The standard InChI is InChI=1S/C24H28N2/c1-6-7-19-8-9-20-15-25(18(5)23(20)13-19)22-10-11-24-21(14-22)12-17(4)26(24)16(2)3/h8-14,16H,5-7,15H2,1-4H3.